The van der Waals surface area contributed by atoms with Crippen molar-refractivity contribution >= 4 is 44.6 Å². The van der Waals surface area contributed by atoms with E-state index in [1.165, 1.54) is 20.7 Å². The van der Waals surface area contributed by atoms with Gasteiger partial charge in [-0.15, -0.1) is 11.3 Å². The fourth-order valence-corrected chi connectivity index (χ4v) is 5.37. The summed E-state index contributed by atoms with van der Waals surface area (Å²) in [6.45, 7) is 5.44. The van der Waals surface area contributed by atoms with Gasteiger partial charge < -0.3 is 15.4 Å². The highest BCUT2D eigenvalue weighted by molar-refractivity contribution is 7.17. The summed E-state index contributed by atoms with van der Waals surface area (Å²) in [7, 11) is 0. The predicted octanol–water partition coefficient (Wildman–Crippen LogP) is 6.15. The summed E-state index contributed by atoms with van der Waals surface area (Å²) in [5.74, 6) is 0.516. The molecule has 0 fully saturated rings. The van der Waals surface area contributed by atoms with Crippen molar-refractivity contribution in [2.24, 2.45) is 0 Å². The number of hydrogen-bond acceptors (Lipinski definition) is 6. The second-order valence-corrected chi connectivity index (χ2v) is 10.2. The summed E-state index contributed by atoms with van der Waals surface area (Å²) in [5, 5.41) is 10.4. The first-order valence-electron chi connectivity index (χ1n) is 13.2. The number of unbranched alkanes of at least 4 members (excludes halogenated alkanes) is 3. The Morgan fingerprint density at radius 3 is 2.83 bits per heavy atom. The molecular formula is C29H37N3O3S. The van der Waals surface area contributed by atoms with E-state index < -0.39 is 0 Å². The molecule has 0 unspecified atom stereocenters. The van der Waals surface area contributed by atoms with Crippen molar-refractivity contribution in [3.63, 3.8) is 0 Å². The van der Waals surface area contributed by atoms with E-state index in [0.717, 1.165) is 63.1 Å². The summed E-state index contributed by atoms with van der Waals surface area (Å²) in [5.41, 5.74) is 2.94. The van der Waals surface area contributed by atoms with Gasteiger partial charge in [0.1, 0.15) is 5.75 Å². The molecule has 192 valence electrons. The maximum Gasteiger partial charge on any atom is 0.234 e. The van der Waals surface area contributed by atoms with Crippen LogP contribution in [0.15, 0.2) is 47.8 Å². The average molecular weight is 508 g/mol. The minimum absolute atomic E-state index is 0.0980. The van der Waals surface area contributed by atoms with Crippen molar-refractivity contribution in [2.45, 2.75) is 58.3 Å². The van der Waals surface area contributed by atoms with Crippen molar-refractivity contribution in [1.29, 1.82) is 0 Å². The molecule has 0 aliphatic carbocycles. The van der Waals surface area contributed by atoms with Crippen LogP contribution in [0.4, 0.5) is 11.4 Å². The van der Waals surface area contributed by atoms with Crippen molar-refractivity contribution < 1.29 is 14.3 Å². The van der Waals surface area contributed by atoms with E-state index in [-0.39, 0.29) is 11.8 Å². The zero-order chi connectivity index (χ0) is 25.2. The Kier molecular flexibility index (Phi) is 9.76. The second kappa shape index (κ2) is 13.4. The average Bonchev–Trinajstić information content (AvgIpc) is 3.37. The van der Waals surface area contributed by atoms with Gasteiger partial charge >= 0.3 is 0 Å². The number of imide groups is 1. The Hall–Kier alpha value is -2.90. The van der Waals surface area contributed by atoms with Crippen molar-refractivity contribution in [3.05, 3.63) is 53.4 Å². The van der Waals surface area contributed by atoms with Crippen LogP contribution in [0.3, 0.4) is 0 Å². The normalized spacial score (nSPS) is 13.1. The quantitative estimate of drug-likeness (QED) is 0.256. The van der Waals surface area contributed by atoms with Gasteiger partial charge in [0.05, 0.1) is 12.3 Å². The standard InChI is InChI=1S/C29H37N3O3S/c1-2-3-4-10-28(33)32-26-21-23(13-11-22(26)12-14-29(32)34)35-19-6-5-16-30-17-18-31-25-8-7-9-27-24(25)15-20-36-27/h7-9,11,13,15,20-21,30-31H,2-6,10,12,14,16-19H2,1H3. The maximum atomic E-state index is 12.7. The van der Waals surface area contributed by atoms with Crippen molar-refractivity contribution in [3.8, 4) is 5.75 Å². The van der Waals surface area contributed by atoms with Gasteiger partial charge in [-0.2, -0.15) is 0 Å². The maximum absolute atomic E-state index is 12.7. The number of fused-ring (bicyclic) bond motifs is 2. The first-order chi connectivity index (χ1) is 17.7. The molecule has 1 aromatic heterocycles. The van der Waals surface area contributed by atoms with Crippen LogP contribution in [-0.4, -0.2) is 38.1 Å². The molecule has 1 aliphatic rings. The molecule has 2 N–H and O–H groups in total. The molecule has 0 saturated carbocycles. The Balaban J connectivity index is 1.15. The molecule has 0 atom stereocenters. The highest BCUT2D eigenvalue weighted by Crippen LogP contribution is 2.32. The van der Waals surface area contributed by atoms with Gasteiger partial charge in [-0.25, -0.2) is 0 Å². The van der Waals surface area contributed by atoms with E-state index in [0.29, 0.717) is 31.6 Å². The third-order valence-electron chi connectivity index (χ3n) is 6.53. The van der Waals surface area contributed by atoms with Crippen LogP contribution in [0.5, 0.6) is 5.75 Å². The number of amides is 2. The zero-order valence-electron chi connectivity index (χ0n) is 21.2. The van der Waals surface area contributed by atoms with Crippen LogP contribution in [0.2, 0.25) is 0 Å². The predicted molar refractivity (Wildman–Crippen MR) is 149 cm³/mol. The van der Waals surface area contributed by atoms with Gasteiger partial charge in [0.2, 0.25) is 11.8 Å². The van der Waals surface area contributed by atoms with E-state index in [2.05, 4.69) is 47.2 Å². The molecule has 0 saturated heterocycles. The first-order valence-corrected chi connectivity index (χ1v) is 14.1. The Morgan fingerprint density at radius 2 is 1.94 bits per heavy atom. The number of carbonyl (C=O) groups excluding carboxylic acids is 2. The highest BCUT2D eigenvalue weighted by atomic mass is 32.1. The molecule has 2 aromatic carbocycles. The second-order valence-electron chi connectivity index (χ2n) is 9.24. The number of carbonyl (C=O) groups is 2. The van der Waals surface area contributed by atoms with Crippen LogP contribution in [0.25, 0.3) is 10.1 Å². The van der Waals surface area contributed by atoms with Gasteiger partial charge in [0.25, 0.3) is 0 Å². The summed E-state index contributed by atoms with van der Waals surface area (Å²) in [4.78, 5) is 26.7. The largest absolute Gasteiger partial charge is 0.494 e. The minimum atomic E-state index is -0.103. The first kappa shape index (κ1) is 26.2. The molecule has 1 aliphatic heterocycles. The molecule has 6 nitrogen and oxygen atoms in total. The van der Waals surface area contributed by atoms with E-state index in [1.54, 1.807) is 11.3 Å². The van der Waals surface area contributed by atoms with Crippen LogP contribution >= 0.6 is 11.3 Å². The smallest absolute Gasteiger partial charge is 0.234 e. The lowest BCUT2D eigenvalue weighted by atomic mass is 10.00. The number of thiophene rings is 1. The highest BCUT2D eigenvalue weighted by Gasteiger charge is 2.29. The number of anilines is 2. The van der Waals surface area contributed by atoms with Gasteiger partial charge in [-0.1, -0.05) is 31.9 Å². The van der Waals surface area contributed by atoms with E-state index in [1.807, 2.05) is 18.2 Å². The fraction of sp³-hybridized carbons (Fsp3) is 0.448. The van der Waals surface area contributed by atoms with E-state index in [9.17, 15) is 9.59 Å². The Morgan fingerprint density at radius 1 is 1.03 bits per heavy atom. The molecule has 0 radical (unpaired) electrons. The van der Waals surface area contributed by atoms with Crippen LogP contribution in [0.1, 0.15) is 57.4 Å². The van der Waals surface area contributed by atoms with Gasteiger partial charge in [-0.3, -0.25) is 14.5 Å². The number of nitrogens with zero attached hydrogens (tertiary/aromatic N) is 1. The summed E-state index contributed by atoms with van der Waals surface area (Å²) in [6.07, 6.45) is 6.30. The van der Waals surface area contributed by atoms with Gasteiger partial charge in [-0.05, 0) is 67.4 Å². The third kappa shape index (κ3) is 6.86. The third-order valence-corrected chi connectivity index (χ3v) is 7.41. The summed E-state index contributed by atoms with van der Waals surface area (Å²) in [6, 6.07) is 14.4. The molecule has 3 aromatic rings. The van der Waals surface area contributed by atoms with Crippen LogP contribution in [-0.2, 0) is 16.0 Å². The Labute approximate surface area is 218 Å². The monoisotopic (exact) mass is 507 g/mol. The van der Waals surface area contributed by atoms with Gasteiger partial charge in [0.15, 0.2) is 0 Å². The van der Waals surface area contributed by atoms with Crippen LogP contribution < -0.4 is 20.3 Å². The number of benzene rings is 2. The lowest BCUT2D eigenvalue weighted by Gasteiger charge is -2.28. The molecule has 4 rings (SSSR count). The molecule has 36 heavy (non-hydrogen) atoms. The zero-order valence-corrected chi connectivity index (χ0v) is 22.0. The lowest BCUT2D eigenvalue weighted by Crippen LogP contribution is -2.40. The number of aryl methyl sites for hydroxylation is 1. The SMILES string of the molecule is CCCCCC(=O)N1C(=O)CCc2ccc(OCCCCNCCNc3cccc4sccc34)cc21. The molecule has 2 amide bonds. The topological polar surface area (TPSA) is 70.7 Å². The number of rotatable bonds is 14. The summed E-state index contributed by atoms with van der Waals surface area (Å²) >= 11 is 1.77. The molecule has 0 spiro atoms. The molecule has 7 heteroatoms. The van der Waals surface area contributed by atoms with Crippen LogP contribution in [0, 0.1) is 0 Å². The van der Waals surface area contributed by atoms with E-state index in [4.69, 9.17) is 4.74 Å². The van der Waals surface area contributed by atoms with E-state index >= 15 is 0 Å². The molecule has 2 heterocycles. The lowest BCUT2D eigenvalue weighted by molar-refractivity contribution is -0.126. The number of hydrogen-bond donors (Lipinski definition) is 2. The number of nitrogens with one attached hydrogen (secondary N) is 2. The fourth-order valence-electron chi connectivity index (χ4n) is 4.55. The molecule has 0 bridgehead atoms. The summed E-state index contributed by atoms with van der Waals surface area (Å²) < 4.78 is 7.27. The minimum Gasteiger partial charge on any atom is -0.494 e. The van der Waals surface area contributed by atoms with Crippen molar-refractivity contribution in [2.75, 3.05) is 36.5 Å². The number of ether oxygens (including phenoxy) is 1. The van der Waals surface area contributed by atoms with Crippen molar-refractivity contribution in [1.82, 2.24) is 5.32 Å². The molecular weight excluding hydrogens is 470 g/mol. The van der Waals surface area contributed by atoms with Gasteiger partial charge in [0, 0.05) is 47.8 Å². The Bertz CT molecular complexity index is 1160.